The van der Waals surface area contributed by atoms with Crippen molar-refractivity contribution in [1.29, 1.82) is 0 Å². The number of fused-ring (bicyclic) bond motifs is 1. The molecule has 3 rings (SSSR count). The minimum Gasteiger partial charge on any atom is -0.493 e. The zero-order valence-electron chi connectivity index (χ0n) is 15.1. The van der Waals surface area contributed by atoms with Crippen molar-refractivity contribution in [3.8, 4) is 11.5 Å². The Balaban J connectivity index is 1.72. The van der Waals surface area contributed by atoms with Crippen LogP contribution < -0.4 is 14.9 Å². The first-order chi connectivity index (χ1) is 12.8. The summed E-state index contributed by atoms with van der Waals surface area (Å²) in [7, 11) is 0. The molecule has 26 heavy (non-hydrogen) atoms. The fourth-order valence-electron chi connectivity index (χ4n) is 2.35. The Hall–Kier alpha value is -3.02. The van der Waals surface area contributed by atoms with E-state index in [-0.39, 0.29) is 0 Å². The second-order valence-corrected chi connectivity index (χ2v) is 5.75. The molecule has 0 atom stereocenters. The molecule has 136 valence electrons. The summed E-state index contributed by atoms with van der Waals surface area (Å²) >= 11 is 0. The molecule has 0 aliphatic rings. The van der Waals surface area contributed by atoms with Crippen molar-refractivity contribution in [1.82, 2.24) is 4.98 Å². The van der Waals surface area contributed by atoms with Gasteiger partial charge in [0.05, 0.1) is 19.4 Å². The normalized spacial score (nSPS) is 11.2. The van der Waals surface area contributed by atoms with Crippen molar-refractivity contribution < 1.29 is 13.9 Å². The number of oxazole rings is 1. The van der Waals surface area contributed by atoms with E-state index in [1.807, 2.05) is 42.5 Å². The van der Waals surface area contributed by atoms with Gasteiger partial charge in [-0.05, 0) is 37.1 Å². The Morgan fingerprint density at radius 1 is 1.08 bits per heavy atom. The third-order valence-corrected chi connectivity index (χ3v) is 3.58. The van der Waals surface area contributed by atoms with Crippen molar-refractivity contribution >= 4 is 23.3 Å². The van der Waals surface area contributed by atoms with E-state index in [1.54, 1.807) is 6.21 Å². The van der Waals surface area contributed by atoms with Crippen molar-refractivity contribution in [2.75, 3.05) is 18.6 Å². The maximum Gasteiger partial charge on any atom is 0.316 e. The van der Waals surface area contributed by atoms with Gasteiger partial charge in [0.15, 0.2) is 5.58 Å². The molecular formula is C20H23N3O3. The van der Waals surface area contributed by atoms with Crippen LogP contribution in [0.15, 0.2) is 52.0 Å². The number of hydrazone groups is 1. The summed E-state index contributed by atoms with van der Waals surface area (Å²) in [6.07, 6.45) is 3.57. The highest BCUT2D eigenvalue weighted by Crippen LogP contribution is 2.24. The lowest BCUT2D eigenvalue weighted by atomic mass is 10.2. The highest BCUT2D eigenvalue weighted by Gasteiger charge is 2.06. The summed E-state index contributed by atoms with van der Waals surface area (Å²) in [5, 5.41) is 4.22. The maximum atomic E-state index is 5.82. The van der Waals surface area contributed by atoms with E-state index in [9.17, 15) is 0 Å². The standard InChI is InChI=1S/C20H23N3O3/c1-3-11-24-16-10-9-15(19(13-16)25-12-4-2)14-21-23-20-22-17-7-5-6-8-18(17)26-20/h5-10,13-14H,3-4,11-12H2,1-2H3,(H,22,23). The number of nitrogens with one attached hydrogen (secondary N) is 1. The first-order valence-electron chi connectivity index (χ1n) is 8.84. The van der Waals surface area contributed by atoms with Gasteiger partial charge in [-0.2, -0.15) is 10.1 Å². The summed E-state index contributed by atoms with van der Waals surface area (Å²) < 4.78 is 17.1. The molecule has 0 saturated heterocycles. The third-order valence-electron chi connectivity index (χ3n) is 3.58. The Kier molecular flexibility index (Phi) is 6.09. The van der Waals surface area contributed by atoms with Crippen LogP contribution in [-0.2, 0) is 0 Å². The van der Waals surface area contributed by atoms with Gasteiger partial charge in [0.25, 0.3) is 0 Å². The summed E-state index contributed by atoms with van der Waals surface area (Å²) in [4.78, 5) is 4.32. The van der Waals surface area contributed by atoms with Gasteiger partial charge in [0.2, 0.25) is 0 Å². The molecular weight excluding hydrogens is 330 g/mol. The van der Waals surface area contributed by atoms with Gasteiger partial charge in [0.1, 0.15) is 17.0 Å². The molecule has 1 heterocycles. The van der Waals surface area contributed by atoms with E-state index >= 15 is 0 Å². The number of aromatic nitrogens is 1. The summed E-state index contributed by atoms with van der Waals surface area (Å²) in [5.74, 6) is 1.53. The van der Waals surface area contributed by atoms with Crippen LogP contribution in [0.5, 0.6) is 11.5 Å². The lowest BCUT2D eigenvalue weighted by molar-refractivity contribution is 0.301. The molecule has 0 amide bonds. The fourth-order valence-corrected chi connectivity index (χ4v) is 2.35. The number of nitrogens with zero attached hydrogens (tertiary/aromatic N) is 2. The Morgan fingerprint density at radius 2 is 1.88 bits per heavy atom. The molecule has 6 nitrogen and oxygen atoms in total. The van der Waals surface area contributed by atoms with Gasteiger partial charge in [-0.3, -0.25) is 0 Å². The topological polar surface area (TPSA) is 68.9 Å². The lowest BCUT2D eigenvalue weighted by Crippen LogP contribution is -2.01. The van der Waals surface area contributed by atoms with Crippen molar-refractivity contribution in [2.24, 2.45) is 5.10 Å². The number of rotatable bonds is 9. The molecule has 6 heteroatoms. The zero-order chi connectivity index (χ0) is 18.2. The number of hydrogen-bond acceptors (Lipinski definition) is 6. The Bertz CT molecular complexity index is 841. The average Bonchev–Trinajstić information content (AvgIpc) is 3.08. The number of para-hydroxylation sites is 2. The van der Waals surface area contributed by atoms with E-state index in [0.29, 0.717) is 19.2 Å². The van der Waals surface area contributed by atoms with Gasteiger partial charge in [0, 0.05) is 11.6 Å². The molecule has 0 spiro atoms. The average molecular weight is 353 g/mol. The molecule has 0 aliphatic heterocycles. The van der Waals surface area contributed by atoms with Crippen molar-refractivity contribution in [2.45, 2.75) is 26.7 Å². The third kappa shape index (κ3) is 4.53. The Morgan fingerprint density at radius 3 is 2.69 bits per heavy atom. The number of benzene rings is 2. The van der Waals surface area contributed by atoms with Gasteiger partial charge >= 0.3 is 6.01 Å². The monoisotopic (exact) mass is 353 g/mol. The number of ether oxygens (including phenoxy) is 2. The van der Waals surface area contributed by atoms with Crippen LogP contribution in [0.4, 0.5) is 6.01 Å². The van der Waals surface area contributed by atoms with E-state index in [4.69, 9.17) is 13.9 Å². The summed E-state index contributed by atoms with van der Waals surface area (Å²) in [5.41, 5.74) is 5.18. The number of hydrogen-bond donors (Lipinski definition) is 1. The SMILES string of the molecule is CCCOc1ccc(C=NNc2nc3ccccc3o2)c(OCCC)c1. The zero-order valence-corrected chi connectivity index (χ0v) is 15.1. The quantitative estimate of drug-likeness (QED) is 0.440. The summed E-state index contributed by atoms with van der Waals surface area (Å²) in [6, 6.07) is 13.6. The minimum absolute atomic E-state index is 0.348. The lowest BCUT2D eigenvalue weighted by Gasteiger charge is -2.11. The van der Waals surface area contributed by atoms with Gasteiger partial charge in [-0.15, -0.1) is 0 Å². The van der Waals surface area contributed by atoms with E-state index in [0.717, 1.165) is 41.0 Å². The van der Waals surface area contributed by atoms with E-state index < -0.39 is 0 Å². The number of anilines is 1. The second kappa shape index (κ2) is 8.89. The van der Waals surface area contributed by atoms with Crippen molar-refractivity contribution in [3.05, 3.63) is 48.0 Å². The Labute approximate surface area is 152 Å². The molecule has 0 bridgehead atoms. The van der Waals surface area contributed by atoms with Gasteiger partial charge < -0.3 is 13.9 Å². The predicted octanol–water partition coefficient (Wildman–Crippen LogP) is 4.85. The molecule has 0 radical (unpaired) electrons. The molecule has 0 saturated carbocycles. The van der Waals surface area contributed by atoms with Crippen LogP contribution in [0.2, 0.25) is 0 Å². The van der Waals surface area contributed by atoms with Crippen LogP contribution in [0.1, 0.15) is 32.3 Å². The summed E-state index contributed by atoms with van der Waals surface area (Å²) in [6.45, 7) is 5.46. The maximum absolute atomic E-state index is 5.82. The smallest absolute Gasteiger partial charge is 0.316 e. The highest BCUT2D eigenvalue weighted by atomic mass is 16.5. The van der Waals surface area contributed by atoms with Crippen molar-refractivity contribution in [3.63, 3.8) is 0 Å². The first kappa shape index (κ1) is 17.8. The van der Waals surface area contributed by atoms with E-state index in [2.05, 4.69) is 29.4 Å². The second-order valence-electron chi connectivity index (χ2n) is 5.75. The first-order valence-corrected chi connectivity index (χ1v) is 8.84. The fraction of sp³-hybridized carbons (Fsp3) is 0.300. The van der Waals surface area contributed by atoms with Crippen LogP contribution in [-0.4, -0.2) is 24.4 Å². The highest BCUT2D eigenvalue weighted by molar-refractivity contribution is 5.84. The minimum atomic E-state index is 0.348. The van der Waals surface area contributed by atoms with Gasteiger partial charge in [-0.1, -0.05) is 26.0 Å². The van der Waals surface area contributed by atoms with E-state index in [1.165, 1.54) is 0 Å². The van der Waals surface area contributed by atoms with Crippen LogP contribution >= 0.6 is 0 Å². The molecule has 1 aromatic heterocycles. The predicted molar refractivity (Wildman–Crippen MR) is 103 cm³/mol. The molecule has 0 unspecified atom stereocenters. The van der Waals surface area contributed by atoms with Gasteiger partial charge in [-0.25, -0.2) is 5.43 Å². The molecule has 0 fully saturated rings. The van der Waals surface area contributed by atoms with Crippen LogP contribution in [0.3, 0.4) is 0 Å². The largest absolute Gasteiger partial charge is 0.493 e. The van der Waals surface area contributed by atoms with Crippen LogP contribution in [0.25, 0.3) is 11.1 Å². The van der Waals surface area contributed by atoms with Crippen LogP contribution in [0, 0.1) is 0 Å². The molecule has 3 aromatic rings. The molecule has 0 aliphatic carbocycles. The molecule has 2 aromatic carbocycles. The molecule has 1 N–H and O–H groups in total.